The van der Waals surface area contributed by atoms with Crippen LogP contribution < -0.4 is 17.0 Å². The van der Waals surface area contributed by atoms with Crippen LogP contribution in [0.4, 0.5) is 17.5 Å². The van der Waals surface area contributed by atoms with Gasteiger partial charge < -0.3 is 26.8 Å². The molecule has 9 heteroatoms. The third-order valence-corrected chi connectivity index (χ3v) is 2.24. The van der Waals surface area contributed by atoms with Gasteiger partial charge in [0.1, 0.15) is 17.9 Å². The molecule has 2 atom stereocenters. The summed E-state index contributed by atoms with van der Waals surface area (Å²) in [5.74, 6) is -0.291. The Hall–Kier alpha value is -2.23. The molecule has 1 aromatic rings. The number of aliphatic imine (C=N–C) groups is 1. The molecule has 0 spiro atoms. The number of aromatic nitrogens is 2. The number of aromatic amines is 1. The average Bonchev–Trinajstić information content (AvgIpc) is 2.38. The SMILES string of the molecule is C=C(/C=N\c1nc(N)[nH]c(=O)c1N)[C@H](O)[C@H](O)CO. The molecule has 0 aromatic carbocycles. The van der Waals surface area contributed by atoms with Crippen molar-refractivity contribution in [3.8, 4) is 0 Å². The van der Waals surface area contributed by atoms with Crippen LogP contribution in [0.15, 0.2) is 21.9 Å². The Balaban J connectivity index is 2.94. The lowest BCUT2D eigenvalue weighted by molar-refractivity contribution is 0.00707. The molecule has 0 amide bonds. The van der Waals surface area contributed by atoms with E-state index < -0.39 is 24.4 Å². The maximum absolute atomic E-state index is 11.3. The summed E-state index contributed by atoms with van der Waals surface area (Å²) in [4.78, 5) is 20.9. The molecule has 0 radical (unpaired) electrons. The Morgan fingerprint density at radius 3 is 2.74 bits per heavy atom. The minimum Gasteiger partial charge on any atom is -0.394 e. The zero-order valence-electron chi connectivity index (χ0n) is 9.95. The predicted molar refractivity (Wildman–Crippen MR) is 70.1 cm³/mol. The largest absolute Gasteiger partial charge is 0.394 e. The van der Waals surface area contributed by atoms with E-state index in [1.165, 1.54) is 0 Å². The zero-order chi connectivity index (χ0) is 14.6. The molecule has 104 valence electrons. The van der Waals surface area contributed by atoms with Crippen molar-refractivity contribution in [1.82, 2.24) is 9.97 Å². The van der Waals surface area contributed by atoms with Crippen molar-refractivity contribution in [1.29, 1.82) is 0 Å². The van der Waals surface area contributed by atoms with Gasteiger partial charge in [0.2, 0.25) is 5.95 Å². The van der Waals surface area contributed by atoms with Gasteiger partial charge >= 0.3 is 0 Å². The minimum atomic E-state index is -1.39. The van der Waals surface area contributed by atoms with Crippen LogP contribution in [0.1, 0.15) is 0 Å². The van der Waals surface area contributed by atoms with Crippen molar-refractivity contribution >= 4 is 23.7 Å². The number of nitrogens with zero attached hydrogens (tertiary/aromatic N) is 2. The smallest absolute Gasteiger partial charge is 0.277 e. The molecule has 0 aliphatic heterocycles. The van der Waals surface area contributed by atoms with E-state index in [1.54, 1.807) is 0 Å². The number of aliphatic hydroxyl groups is 3. The van der Waals surface area contributed by atoms with E-state index >= 15 is 0 Å². The summed E-state index contributed by atoms with van der Waals surface area (Å²) < 4.78 is 0. The number of anilines is 2. The molecule has 8 N–H and O–H groups in total. The minimum absolute atomic E-state index is 0.0154. The summed E-state index contributed by atoms with van der Waals surface area (Å²) in [6, 6.07) is 0. The summed E-state index contributed by atoms with van der Waals surface area (Å²) in [6.07, 6.45) is -1.70. The maximum Gasteiger partial charge on any atom is 0.277 e. The van der Waals surface area contributed by atoms with E-state index in [2.05, 4.69) is 21.5 Å². The molecule has 0 aliphatic carbocycles. The van der Waals surface area contributed by atoms with E-state index in [0.717, 1.165) is 6.21 Å². The fourth-order valence-electron chi connectivity index (χ4n) is 1.15. The van der Waals surface area contributed by atoms with Crippen molar-refractivity contribution in [3.05, 3.63) is 22.5 Å². The van der Waals surface area contributed by atoms with Crippen LogP contribution >= 0.6 is 0 Å². The van der Waals surface area contributed by atoms with Crippen LogP contribution in [0.3, 0.4) is 0 Å². The first-order valence-electron chi connectivity index (χ1n) is 5.22. The van der Waals surface area contributed by atoms with Crippen LogP contribution in [0.5, 0.6) is 0 Å². The highest BCUT2D eigenvalue weighted by atomic mass is 16.4. The van der Waals surface area contributed by atoms with Gasteiger partial charge in [-0.3, -0.25) is 9.78 Å². The zero-order valence-corrected chi connectivity index (χ0v) is 9.95. The standard InChI is InChI=1S/C10H15N5O4/c1-4(7(18)5(17)3-16)2-13-8-6(11)9(19)15-10(12)14-8/h2,5,7,16-18H,1,3,11H2,(H3,12,14,15,19)/b13-2-/t5-,7+/m1/s1. The molecule has 0 saturated carbocycles. The van der Waals surface area contributed by atoms with Gasteiger partial charge in [0.15, 0.2) is 5.82 Å². The number of hydrogen-bond donors (Lipinski definition) is 6. The first-order valence-corrected chi connectivity index (χ1v) is 5.22. The van der Waals surface area contributed by atoms with Gasteiger partial charge in [-0.1, -0.05) is 6.58 Å². The summed E-state index contributed by atoms with van der Waals surface area (Å²) >= 11 is 0. The second kappa shape index (κ2) is 6.09. The monoisotopic (exact) mass is 269 g/mol. The normalized spacial score (nSPS) is 14.5. The van der Waals surface area contributed by atoms with Gasteiger partial charge in [0.05, 0.1) is 6.61 Å². The maximum atomic E-state index is 11.3. The number of aliphatic hydroxyl groups excluding tert-OH is 3. The topological polar surface area (TPSA) is 171 Å². The Morgan fingerprint density at radius 2 is 2.16 bits per heavy atom. The second-order valence-electron chi connectivity index (χ2n) is 3.72. The van der Waals surface area contributed by atoms with Crippen molar-refractivity contribution in [3.63, 3.8) is 0 Å². The summed E-state index contributed by atoms with van der Waals surface area (Å²) in [5.41, 5.74) is 9.90. The molecule has 1 rings (SSSR count). The third kappa shape index (κ3) is 3.61. The molecule has 0 fully saturated rings. The molecular formula is C10H15N5O4. The average molecular weight is 269 g/mol. The van der Waals surface area contributed by atoms with E-state index in [9.17, 15) is 15.0 Å². The first kappa shape index (κ1) is 14.8. The van der Waals surface area contributed by atoms with Crippen LogP contribution in [0, 0.1) is 0 Å². The van der Waals surface area contributed by atoms with E-state index in [4.69, 9.17) is 16.6 Å². The molecule has 0 unspecified atom stereocenters. The van der Waals surface area contributed by atoms with Gasteiger partial charge in [-0.15, -0.1) is 0 Å². The Bertz CT molecular complexity index is 553. The molecule has 0 bridgehead atoms. The number of rotatable bonds is 5. The van der Waals surface area contributed by atoms with Crippen LogP contribution in [0.25, 0.3) is 0 Å². The predicted octanol–water partition coefficient (Wildman–Crippen LogP) is -2.09. The highest BCUT2D eigenvalue weighted by molar-refractivity contribution is 5.82. The van der Waals surface area contributed by atoms with Gasteiger partial charge in [0.25, 0.3) is 5.56 Å². The van der Waals surface area contributed by atoms with E-state index in [-0.39, 0.29) is 23.0 Å². The molecule has 0 saturated heterocycles. The molecule has 1 heterocycles. The lowest BCUT2D eigenvalue weighted by Crippen LogP contribution is -2.31. The molecular weight excluding hydrogens is 254 g/mol. The Kier molecular flexibility index (Phi) is 4.75. The number of hydrogen-bond acceptors (Lipinski definition) is 8. The van der Waals surface area contributed by atoms with Crippen molar-refractivity contribution in [2.45, 2.75) is 12.2 Å². The molecule has 9 nitrogen and oxygen atoms in total. The fourth-order valence-corrected chi connectivity index (χ4v) is 1.15. The summed E-state index contributed by atoms with van der Waals surface area (Å²) in [6.45, 7) is 2.82. The highest BCUT2D eigenvalue weighted by Crippen LogP contribution is 2.14. The Labute approximate surface area is 107 Å². The highest BCUT2D eigenvalue weighted by Gasteiger charge is 2.17. The molecule has 1 aromatic heterocycles. The third-order valence-electron chi connectivity index (χ3n) is 2.24. The Morgan fingerprint density at radius 1 is 1.53 bits per heavy atom. The summed E-state index contributed by atoms with van der Waals surface area (Å²) in [5, 5.41) is 27.4. The molecule has 0 aliphatic rings. The number of nitrogen functional groups attached to an aromatic ring is 2. The first-order chi connectivity index (χ1) is 8.86. The van der Waals surface area contributed by atoms with Gasteiger partial charge in [-0.2, -0.15) is 4.98 Å². The van der Waals surface area contributed by atoms with Crippen LogP contribution in [-0.4, -0.2) is 50.3 Å². The van der Waals surface area contributed by atoms with Crippen molar-refractivity contribution in [2.75, 3.05) is 18.1 Å². The number of nitrogens with two attached hydrogens (primary N) is 2. The second-order valence-corrected chi connectivity index (χ2v) is 3.72. The van der Waals surface area contributed by atoms with Gasteiger partial charge in [-0.25, -0.2) is 4.99 Å². The van der Waals surface area contributed by atoms with Crippen LogP contribution in [0.2, 0.25) is 0 Å². The lowest BCUT2D eigenvalue weighted by atomic mass is 10.1. The summed E-state index contributed by atoms with van der Waals surface area (Å²) in [7, 11) is 0. The van der Waals surface area contributed by atoms with E-state index in [0.29, 0.717) is 0 Å². The van der Waals surface area contributed by atoms with Crippen LogP contribution in [-0.2, 0) is 0 Å². The lowest BCUT2D eigenvalue weighted by Gasteiger charge is -2.14. The van der Waals surface area contributed by atoms with Gasteiger partial charge in [-0.05, 0) is 5.57 Å². The van der Waals surface area contributed by atoms with E-state index in [1.807, 2.05) is 0 Å². The van der Waals surface area contributed by atoms with Crippen molar-refractivity contribution < 1.29 is 15.3 Å². The van der Waals surface area contributed by atoms with Gasteiger partial charge in [0, 0.05) is 6.21 Å². The molecule has 19 heavy (non-hydrogen) atoms. The number of H-pyrrole nitrogens is 1. The number of nitrogens with one attached hydrogen (secondary N) is 1. The van der Waals surface area contributed by atoms with Crippen molar-refractivity contribution in [2.24, 2.45) is 4.99 Å². The quantitative estimate of drug-likeness (QED) is 0.332. The fraction of sp³-hybridized carbons (Fsp3) is 0.300.